The van der Waals surface area contributed by atoms with Crippen LogP contribution >= 0.6 is 0 Å². The van der Waals surface area contributed by atoms with E-state index in [1.54, 1.807) is 7.11 Å². The van der Waals surface area contributed by atoms with Crippen LogP contribution < -0.4 is 10.1 Å². The van der Waals surface area contributed by atoms with Gasteiger partial charge in [-0.3, -0.25) is 14.5 Å². The van der Waals surface area contributed by atoms with E-state index < -0.39 is 5.54 Å². The molecule has 1 aromatic rings. The van der Waals surface area contributed by atoms with Gasteiger partial charge in [0.05, 0.1) is 7.11 Å². The predicted molar refractivity (Wildman–Crippen MR) is 118 cm³/mol. The number of unbranched alkanes of at least 4 members (excludes halogenated alkanes) is 1. The number of piperidine rings is 1. The summed E-state index contributed by atoms with van der Waals surface area (Å²) in [6, 6.07) is 7.76. The molecule has 0 bridgehead atoms. The van der Waals surface area contributed by atoms with Gasteiger partial charge in [0.2, 0.25) is 11.8 Å². The van der Waals surface area contributed by atoms with Gasteiger partial charge >= 0.3 is 0 Å². The number of benzene rings is 1. The Balaban J connectivity index is 1.70. The van der Waals surface area contributed by atoms with Crippen molar-refractivity contribution in [1.29, 1.82) is 0 Å². The van der Waals surface area contributed by atoms with Crippen molar-refractivity contribution in [2.45, 2.75) is 71.0 Å². The molecule has 0 aliphatic carbocycles. The standard InChI is InChI=1S/C24H37N3O3/c1-5-6-13-27-22(28)21(16-18(2)3)25-23(29)24(27)11-14-26(15-12-24)17-19-7-9-20(30-4)10-8-19/h7-10,18,21H,5-6,11-17H2,1-4H3,(H,25,29). The molecular weight excluding hydrogens is 378 g/mol. The van der Waals surface area contributed by atoms with Crippen LogP contribution in [0.3, 0.4) is 0 Å². The van der Waals surface area contributed by atoms with E-state index in [1.165, 1.54) is 5.56 Å². The van der Waals surface area contributed by atoms with Crippen LogP contribution in [0.4, 0.5) is 0 Å². The van der Waals surface area contributed by atoms with Crippen LogP contribution in [0.25, 0.3) is 0 Å². The summed E-state index contributed by atoms with van der Waals surface area (Å²) in [4.78, 5) is 30.9. The van der Waals surface area contributed by atoms with Gasteiger partial charge in [-0.25, -0.2) is 0 Å². The molecule has 1 unspecified atom stereocenters. The second kappa shape index (κ2) is 9.82. The molecule has 0 saturated carbocycles. The third kappa shape index (κ3) is 4.80. The summed E-state index contributed by atoms with van der Waals surface area (Å²) in [5.74, 6) is 1.39. The van der Waals surface area contributed by atoms with Crippen molar-refractivity contribution >= 4 is 11.8 Å². The number of likely N-dealkylation sites (tertiary alicyclic amines) is 1. The highest BCUT2D eigenvalue weighted by Gasteiger charge is 2.53. The number of ether oxygens (including phenoxy) is 1. The maximum absolute atomic E-state index is 13.3. The van der Waals surface area contributed by atoms with Gasteiger partial charge in [0.25, 0.3) is 0 Å². The molecule has 1 aromatic carbocycles. The first-order valence-corrected chi connectivity index (χ1v) is 11.4. The molecule has 3 rings (SSSR count). The summed E-state index contributed by atoms with van der Waals surface area (Å²) in [5, 5.41) is 3.08. The normalized spacial score (nSPS) is 21.9. The van der Waals surface area contributed by atoms with Gasteiger partial charge in [-0.1, -0.05) is 39.3 Å². The first-order chi connectivity index (χ1) is 14.4. The van der Waals surface area contributed by atoms with Crippen molar-refractivity contribution in [2.75, 3.05) is 26.7 Å². The van der Waals surface area contributed by atoms with Crippen LogP contribution in [0.5, 0.6) is 5.75 Å². The van der Waals surface area contributed by atoms with Gasteiger partial charge in [0.15, 0.2) is 0 Å². The molecule has 0 aromatic heterocycles. The van der Waals surface area contributed by atoms with Crippen molar-refractivity contribution in [3.05, 3.63) is 29.8 Å². The predicted octanol–water partition coefficient (Wildman–Crippen LogP) is 3.20. The average molecular weight is 416 g/mol. The summed E-state index contributed by atoms with van der Waals surface area (Å²) in [5.41, 5.74) is 0.548. The maximum atomic E-state index is 13.3. The molecule has 166 valence electrons. The minimum Gasteiger partial charge on any atom is -0.497 e. The number of carbonyl (C=O) groups is 2. The van der Waals surface area contributed by atoms with E-state index in [0.29, 0.717) is 31.7 Å². The van der Waals surface area contributed by atoms with Crippen molar-refractivity contribution in [3.8, 4) is 5.75 Å². The Hall–Kier alpha value is -2.08. The zero-order valence-electron chi connectivity index (χ0n) is 18.9. The molecule has 2 fully saturated rings. The lowest BCUT2D eigenvalue weighted by atomic mass is 9.80. The molecule has 1 N–H and O–H groups in total. The molecule has 0 radical (unpaired) electrons. The Morgan fingerprint density at radius 1 is 1.17 bits per heavy atom. The topological polar surface area (TPSA) is 61.9 Å². The first kappa shape index (κ1) is 22.6. The van der Waals surface area contributed by atoms with Crippen LogP contribution in [0.2, 0.25) is 0 Å². The van der Waals surface area contributed by atoms with E-state index in [1.807, 2.05) is 17.0 Å². The fourth-order valence-electron chi connectivity index (χ4n) is 4.71. The van der Waals surface area contributed by atoms with Gasteiger partial charge in [0, 0.05) is 26.2 Å². The van der Waals surface area contributed by atoms with E-state index >= 15 is 0 Å². The van der Waals surface area contributed by atoms with Crippen LogP contribution in [0.15, 0.2) is 24.3 Å². The highest BCUT2D eigenvalue weighted by Crippen LogP contribution is 2.34. The smallest absolute Gasteiger partial charge is 0.246 e. The summed E-state index contributed by atoms with van der Waals surface area (Å²) in [6.45, 7) is 9.46. The SMILES string of the molecule is CCCCN1C(=O)C(CC(C)C)NC(=O)C12CCN(Cc1ccc(OC)cc1)CC2. The zero-order valence-corrected chi connectivity index (χ0v) is 18.9. The quantitative estimate of drug-likeness (QED) is 0.708. The van der Waals surface area contributed by atoms with Crippen molar-refractivity contribution in [2.24, 2.45) is 5.92 Å². The lowest BCUT2D eigenvalue weighted by molar-refractivity contribution is -0.161. The van der Waals surface area contributed by atoms with Crippen LogP contribution in [-0.4, -0.2) is 59.9 Å². The Kier molecular flexibility index (Phi) is 7.40. The molecule has 1 atom stereocenters. The van der Waals surface area contributed by atoms with Gasteiger partial charge in [-0.2, -0.15) is 0 Å². The van der Waals surface area contributed by atoms with Crippen LogP contribution in [0, 0.1) is 5.92 Å². The van der Waals surface area contributed by atoms with Crippen LogP contribution in [0.1, 0.15) is 58.4 Å². The second-order valence-electron chi connectivity index (χ2n) is 9.15. The number of carbonyl (C=O) groups excluding carboxylic acids is 2. The van der Waals surface area contributed by atoms with E-state index in [9.17, 15) is 9.59 Å². The minimum atomic E-state index is -0.684. The molecule has 2 aliphatic rings. The highest BCUT2D eigenvalue weighted by molar-refractivity contribution is 6.00. The van der Waals surface area contributed by atoms with E-state index in [4.69, 9.17) is 4.74 Å². The average Bonchev–Trinajstić information content (AvgIpc) is 2.74. The third-order valence-electron chi connectivity index (χ3n) is 6.50. The molecule has 6 heteroatoms. The van der Waals surface area contributed by atoms with E-state index in [2.05, 4.69) is 43.1 Å². The van der Waals surface area contributed by atoms with Crippen molar-refractivity contribution in [3.63, 3.8) is 0 Å². The second-order valence-corrected chi connectivity index (χ2v) is 9.15. The molecule has 2 amide bonds. The minimum absolute atomic E-state index is 0.0490. The van der Waals surface area contributed by atoms with Gasteiger partial charge in [-0.05, 0) is 49.3 Å². The highest BCUT2D eigenvalue weighted by atomic mass is 16.5. The Labute approximate surface area is 180 Å². The number of rotatable bonds is 8. The monoisotopic (exact) mass is 415 g/mol. The fourth-order valence-corrected chi connectivity index (χ4v) is 4.71. The number of amides is 2. The molecule has 1 spiro atoms. The third-order valence-corrected chi connectivity index (χ3v) is 6.50. The first-order valence-electron chi connectivity index (χ1n) is 11.4. The molecule has 2 heterocycles. The zero-order chi connectivity index (χ0) is 21.7. The number of nitrogens with one attached hydrogen (secondary N) is 1. The summed E-state index contributed by atoms with van der Waals surface area (Å²) >= 11 is 0. The lowest BCUT2D eigenvalue weighted by Crippen LogP contribution is -2.73. The number of nitrogens with zero attached hydrogens (tertiary/aromatic N) is 2. The molecule has 2 aliphatic heterocycles. The van der Waals surface area contributed by atoms with E-state index in [0.717, 1.165) is 38.2 Å². The van der Waals surface area contributed by atoms with Crippen molar-refractivity contribution in [1.82, 2.24) is 15.1 Å². The Morgan fingerprint density at radius 3 is 2.40 bits per heavy atom. The van der Waals surface area contributed by atoms with Gasteiger partial charge in [0.1, 0.15) is 17.3 Å². The Bertz CT molecular complexity index is 724. The maximum Gasteiger partial charge on any atom is 0.246 e. The summed E-state index contributed by atoms with van der Waals surface area (Å²) < 4.78 is 5.24. The van der Waals surface area contributed by atoms with E-state index in [-0.39, 0.29) is 17.9 Å². The molecular formula is C24H37N3O3. The summed E-state index contributed by atoms with van der Waals surface area (Å²) in [6.07, 6.45) is 4.04. The van der Waals surface area contributed by atoms with Gasteiger partial charge in [-0.15, -0.1) is 0 Å². The number of piperazine rings is 1. The fraction of sp³-hybridized carbons (Fsp3) is 0.667. The molecule has 30 heavy (non-hydrogen) atoms. The van der Waals surface area contributed by atoms with Gasteiger partial charge < -0.3 is 15.0 Å². The largest absolute Gasteiger partial charge is 0.497 e. The number of methoxy groups -OCH3 is 1. The molecule has 6 nitrogen and oxygen atoms in total. The lowest BCUT2D eigenvalue weighted by Gasteiger charge is -2.52. The molecule has 2 saturated heterocycles. The van der Waals surface area contributed by atoms with Crippen molar-refractivity contribution < 1.29 is 14.3 Å². The number of hydrogen-bond acceptors (Lipinski definition) is 4. The Morgan fingerprint density at radius 2 is 1.83 bits per heavy atom. The summed E-state index contributed by atoms with van der Waals surface area (Å²) in [7, 11) is 1.67. The number of hydrogen-bond donors (Lipinski definition) is 1. The van der Waals surface area contributed by atoms with Crippen LogP contribution in [-0.2, 0) is 16.1 Å².